The Morgan fingerprint density at radius 2 is 2.19 bits per heavy atom. The zero-order chi connectivity index (χ0) is 18.6. The fourth-order valence-electron chi connectivity index (χ4n) is 4.00. The van der Waals surface area contributed by atoms with Crippen LogP contribution in [-0.2, 0) is 19.7 Å². The summed E-state index contributed by atoms with van der Waals surface area (Å²) in [4.78, 5) is 32.1. The number of amides is 1. The van der Waals surface area contributed by atoms with Crippen LogP contribution in [0.4, 0.5) is 6.01 Å². The van der Waals surface area contributed by atoms with Gasteiger partial charge in [0.2, 0.25) is 5.91 Å². The largest absolute Gasteiger partial charge is 0.466 e. The third kappa shape index (κ3) is 1.69. The van der Waals surface area contributed by atoms with E-state index in [1.807, 2.05) is 18.2 Å². The van der Waals surface area contributed by atoms with E-state index in [2.05, 4.69) is 11.6 Å². The summed E-state index contributed by atoms with van der Waals surface area (Å²) in [6.07, 6.45) is 1.61. The molecule has 1 aliphatic carbocycles. The molecule has 2 heterocycles. The number of aromatic nitrogens is 1. The Kier molecular flexibility index (Phi) is 3.30. The molecule has 0 radical (unpaired) electrons. The molecule has 2 aliphatic rings. The van der Waals surface area contributed by atoms with E-state index in [0.29, 0.717) is 28.3 Å². The number of methoxy groups -OCH3 is 1. The van der Waals surface area contributed by atoms with Gasteiger partial charge in [-0.3, -0.25) is 4.79 Å². The van der Waals surface area contributed by atoms with Gasteiger partial charge in [-0.15, -0.1) is 6.58 Å². The van der Waals surface area contributed by atoms with Gasteiger partial charge in [0.1, 0.15) is 5.69 Å². The van der Waals surface area contributed by atoms with Gasteiger partial charge in [-0.25, -0.2) is 4.79 Å². The summed E-state index contributed by atoms with van der Waals surface area (Å²) in [5.74, 6) is -0.484. The predicted octanol–water partition coefficient (Wildman–Crippen LogP) is 2.00. The van der Waals surface area contributed by atoms with Crippen molar-refractivity contribution < 1.29 is 18.7 Å². The quantitative estimate of drug-likeness (QED) is 0.671. The third-order valence-electron chi connectivity index (χ3n) is 4.98. The summed E-state index contributed by atoms with van der Waals surface area (Å²) in [6.45, 7) is 5.68. The molecular formula is C19H17N3O4. The molecule has 7 nitrogen and oxygen atoms in total. The number of ether oxygens (including phenoxy) is 1. The maximum absolute atomic E-state index is 13.6. The van der Waals surface area contributed by atoms with Crippen molar-refractivity contribution in [2.45, 2.75) is 12.3 Å². The lowest BCUT2D eigenvalue weighted by Gasteiger charge is -2.26. The topological polar surface area (TPSA) is 98.7 Å². The number of nitrogens with zero attached hydrogens (tertiary/aromatic N) is 2. The molecule has 1 aromatic carbocycles. The monoisotopic (exact) mass is 351 g/mol. The Labute approximate surface area is 149 Å². The van der Waals surface area contributed by atoms with Crippen LogP contribution in [0.25, 0.3) is 11.3 Å². The Bertz CT molecular complexity index is 1000. The fourth-order valence-corrected chi connectivity index (χ4v) is 4.00. The number of nitrogens with two attached hydrogens (primary N) is 1. The molecular weight excluding hydrogens is 334 g/mol. The molecule has 0 bridgehead atoms. The van der Waals surface area contributed by atoms with Crippen LogP contribution in [-0.4, -0.2) is 35.4 Å². The highest BCUT2D eigenvalue weighted by molar-refractivity contribution is 6.14. The highest BCUT2D eigenvalue weighted by Crippen LogP contribution is 2.57. The molecule has 1 amide bonds. The van der Waals surface area contributed by atoms with Gasteiger partial charge < -0.3 is 19.8 Å². The molecule has 4 rings (SSSR count). The minimum atomic E-state index is -1.42. The van der Waals surface area contributed by atoms with Crippen LogP contribution < -0.4 is 5.73 Å². The molecule has 1 aromatic heterocycles. The second-order valence-corrected chi connectivity index (χ2v) is 6.18. The average Bonchev–Trinajstić information content (AvgIpc) is 3.21. The van der Waals surface area contributed by atoms with Crippen LogP contribution in [0, 0.1) is 0 Å². The van der Waals surface area contributed by atoms with Gasteiger partial charge in [0, 0.05) is 17.8 Å². The minimum Gasteiger partial charge on any atom is -0.466 e. The summed E-state index contributed by atoms with van der Waals surface area (Å²) >= 11 is 0. The molecule has 132 valence electrons. The number of hydrogen-bond acceptors (Lipinski definition) is 6. The van der Waals surface area contributed by atoms with Crippen LogP contribution in [0.3, 0.4) is 0 Å². The van der Waals surface area contributed by atoms with Crippen molar-refractivity contribution in [3.05, 3.63) is 59.4 Å². The van der Waals surface area contributed by atoms with Crippen LogP contribution in [0.15, 0.2) is 52.6 Å². The van der Waals surface area contributed by atoms with E-state index in [-0.39, 0.29) is 24.0 Å². The third-order valence-corrected chi connectivity index (χ3v) is 4.98. The van der Waals surface area contributed by atoms with Crippen molar-refractivity contribution in [1.82, 2.24) is 9.88 Å². The van der Waals surface area contributed by atoms with E-state index < -0.39 is 11.4 Å². The lowest BCUT2D eigenvalue weighted by molar-refractivity contribution is -0.138. The number of anilines is 1. The predicted molar refractivity (Wildman–Crippen MR) is 93.8 cm³/mol. The fraction of sp³-hybridized carbons (Fsp3) is 0.211. The first kappa shape index (κ1) is 16.1. The van der Waals surface area contributed by atoms with Crippen molar-refractivity contribution >= 4 is 17.9 Å². The van der Waals surface area contributed by atoms with Gasteiger partial charge in [0.25, 0.3) is 6.01 Å². The summed E-state index contributed by atoms with van der Waals surface area (Å²) < 4.78 is 10.6. The Balaban J connectivity index is 2.12. The second-order valence-electron chi connectivity index (χ2n) is 6.18. The molecule has 0 saturated carbocycles. The lowest BCUT2D eigenvalue weighted by Crippen LogP contribution is -2.42. The zero-order valence-electron chi connectivity index (χ0n) is 14.4. The number of allylic oxidation sites excluding steroid dienone is 1. The van der Waals surface area contributed by atoms with Gasteiger partial charge in [-0.1, -0.05) is 30.3 Å². The highest BCUT2D eigenvalue weighted by atomic mass is 16.5. The molecule has 1 atom stereocenters. The van der Waals surface area contributed by atoms with Gasteiger partial charge >= 0.3 is 5.97 Å². The number of carbonyl (C=O) groups excluding carboxylic acids is 2. The Morgan fingerprint density at radius 1 is 1.46 bits per heavy atom. The first-order valence-corrected chi connectivity index (χ1v) is 8.07. The van der Waals surface area contributed by atoms with Crippen LogP contribution in [0.2, 0.25) is 0 Å². The Morgan fingerprint density at radius 3 is 2.88 bits per heavy atom. The van der Waals surface area contributed by atoms with Crippen LogP contribution in [0.1, 0.15) is 18.2 Å². The van der Waals surface area contributed by atoms with Crippen molar-refractivity contribution in [2.24, 2.45) is 0 Å². The molecule has 1 spiro atoms. The molecule has 1 aliphatic heterocycles. The van der Waals surface area contributed by atoms with E-state index in [1.165, 1.54) is 12.0 Å². The molecule has 1 unspecified atom stereocenters. The van der Waals surface area contributed by atoms with E-state index in [9.17, 15) is 9.59 Å². The zero-order valence-corrected chi connectivity index (χ0v) is 14.4. The maximum atomic E-state index is 13.6. The van der Waals surface area contributed by atoms with Gasteiger partial charge in [0.05, 0.1) is 12.7 Å². The number of oxazole rings is 1. The minimum absolute atomic E-state index is 0.0549. The van der Waals surface area contributed by atoms with Crippen molar-refractivity contribution in [1.29, 1.82) is 0 Å². The van der Waals surface area contributed by atoms with Gasteiger partial charge in [-0.2, -0.15) is 4.98 Å². The van der Waals surface area contributed by atoms with E-state index in [4.69, 9.17) is 14.9 Å². The molecule has 2 aromatic rings. The molecule has 2 N–H and O–H groups in total. The van der Waals surface area contributed by atoms with Crippen LogP contribution >= 0.6 is 0 Å². The molecule has 7 heteroatoms. The van der Waals surface area contributed by atoms with E-state index in [0.717, 1.165) is 0 Å². The summed E-state index contributed by atoms with van der Waals surface area (Å²) in [6, 6.07) is 7.20. The summed E-state index contributed by atoms with van der Waals surface area (Å²) in [5, 5.41) is 0. The first-order valence-electron chi connectivity index (χ1n) is 8.07. The number of benzene rings is 1. The number of rotatable bonds is 3. The maximum Gasteiger partial charge on any atom is 0.337 e. The number of esters is 1. The highest BCUT2D eigenvalue weighted by Gasteiger charge is 2.63. The van der Waals surface area contributed by atoms with Crippen LogP contribution in [0.5, 0.6) is 0 Å². The van der Waals surface area contributed by atoms with Crippen molar-refractivity contribution in [2.75, 3.05) is 19.4 Å². The van der Waals surface area contributed by atoms with Gasteiger partial charge in [0.15, 0.2) is 11.2 Å². The summed E-state index contributed by atoms with van der Waals surface area (Å²) in [7, 11) is 1.29. The summed E-state index contributed by atoms with van der Waals surface area (Å²) in [5.41, 5.74) is 6.74. The molecule has 0 saturated heterocycles. The van der Waals surface area contributed by atoms with Gasteiger partial charge in [-0.05, 0) is 12.5 Å². The lowest BCUT2D eigenvalue weighted by atomic mass is 9.74. The van der Waals surface area contributed by atoms with E-state index >= 15 is 0 Å². The SMILES string of the molecule is C=CCN1C(=O)C2(C(C(=O)OC)=C1C)c1ccccc1-c1oc(N)nc12. The Hall–Kier alpha value is -3.35. The molecule has 0 fully saturated rings. The smallest absolute Gasteiger partial charge is 0.337 e. The van der Waals surface area contributed by atoms with Crippen molar-refractivity contribution in [3.63, 3.8) is 0 Å². The number of fused-ring (bicyclic) bond motifs is 5. The number of hydrogen-bond donors (Lipinski definition) is 1. The number of carbonyl (C=O) groups is 2. The average molecular weight is 351 g/mol. The second kappa shape index (κ2) is 5.32. The van der Waals surface area contributed by atoms with E-state index in [1.54, 1.807) is 19.1 Å². The first-order chi connectivity index (χ1) is 12.5. The number of nitrogen functional groups attached to an aromatic ring is 1. The standard InChI is InChI=1S/C19H17N3O4/c1-4-9-22-10(2)13(16(23)25-3)19(17(22)24)12-8-6-5-7-11(12)14-15(19)21-18(20)26-14/h4-8H,1,9H2,2-3H3,(H2,20,21). The molecule has 26 heavy (non-hydrogen) atoms. The normalized spacial score (nSPS) is 20.5. The van der Waals surface area contributed by atoms with Crippen molar-refractivity contribution in [3.8, 4) is 11.3 Å².